The van der Waals surface area contributed by atoms with Crippen molar-refractivity contribution in [3.05, 3.63) is 29.8 Å². The molecule has 4 nitrogen and oxygen atoms in total. The summed E-state index contributed by atoms with van der Waals surface area (Å²) in [4.78, 5) is 13.0. The molecular formula is C25H38O4. The van der Waals surface area contributed by atoms with Gasteiger partial charge in [-0.2, -0.15) is 0 Å². The van der Waals surface area contributed by atoms with Crippen LogP contribution >= 0.6 is 0 Å². The first-order valence-electron chi connectivity index (χ1n) is 11.1. The van der Waals surface area contributed by atoms with Gasteiger partial charge in [-0.25, -0.2) is 0 Å². The van der Waals surface area contributed by atoms with Crippen molar-refractivity contribution < 1.29 is 19.0 Å². The average Bonchev–Trinajstić information content (AvgIpc) is 3.22. The summed E-state index contributed by atoms with van der Waals surface area (Å²) in [5.74, 6) is 2.68. The average molecular weight is 403 g/mol. The minimum atomic E-state index is -0.0524. The summed E-state index contributed by atoms with van der Waals surface area (Å²) >= 11 is 0. The molecule has 2 aliphatic carbocycles. The molecule has 0 radical (unpaired) electrons. The van der Waals surface area contributed by atoms with Crippen LogP contribution in [0.1, 0.15) is 59.4 Å². The summed E-state index contributed by atoms with van der Waals surface area (Å²) in [5.41, 5.74) is 1.06. The molecule has 4 heteroatoms. The normalized spacial score (nSPS) is 30.8. The Labute approximate surface area is 176 Å². The Bertz CT molecular complexity index is 679. The fourth-order valence-electron chi connectivity index (χ4n) is 5.02. The fraction of sp³-hybridized carbons (Fsp3) is 0.720. The molecule has 0 spiro atoms. The van der Waals surface area contributed by atoms with Gasteiger partial charge in [0.15, 0.2) is 0 Å². The number of benzene rings is 1. The number of hydrogen-bond acceptors (Lipinski definition) is 4. The zero-order valence-corrected chi connectivity index (χ0v) is 18.9. The first kappa shape index (κ1) is 22.1. The van der Waals surface area contributed by atoms with Gasteiger partial charge in [-0.05, 0) is 53.7 Å². The molecule has 5 atom stereocenters. The van der Waals surface area contributed by atoms with E-state index in [1.54, 1.807) is 7.11 Å². The van der Waals surface area contributed by atoms with E-state index in [0.29, 0.717) is 31.0 Å². The molecule has 0 aromatic heterocycles. The van der Waals surface area contributed by atoms with E-state index in [1.807, 2.05) is 24.3 Å². The zero-order chi connectivity index (χ0) is 21.2. The summed E-state index contributed by atoms with van der Waals surface area (Å²) in [5, 5.41) is 0. The van der Waals surface area contributed by atoms with Gasteiger partial charge >= 0.3 is 5.97 Å². The monoisotopic (exact) mass is 402 g/mol. The van der Waals surface area contributed by atoms with Crippen molar-refractivity contribution in [2.24, 2.45) is 35.0 Å². The Morgan fingerprint density at radius 3 is 2.48 bits per heavy atom. The number of methoxy groups -OCH3 is 1. The van der Waals surface area contributed by atoms with Crippen LogP contribution in [-0.2, 0) is 20.9 Å². The number of ether oxygens (including phenoxy) is 3. The molecule has 0 aliphatic heterocycles. The van der Waals surface area contributed by atoms with E-state index in [2.05, 4.69) is 34.6 Å². The zero-order valence-electron chi connectivity index (χ0n) is 18.9. The van der Waals surface area contributed by atoms with Crippen molar-refractivity contribution in [3.63, 3.8) is 0 Å². The van der Waals surface area contributed by atoms with Gasteiger partial charge in [0.05, 0.1) is 26.2 Å². The molecule has 2 aliphatic rings. The highest BCUT2D eigenvalue weighted by molar-refractivity contribution is 5.77. The molecule has 3 rings (SSSR count). The van der Waals surface area contributed by atoms with Crippen LogP contribution in [0.3, 0.4) is 0 Å². The van der Waals surface area contributed by atoms with Gasteiger partial charge < -0.3 is 14.2 Å². The molecule has 29 heavy (non-hydrogen) atoms. The molecule has 2 saturated carbocycles. The van der Waals surface area contributed by atoms with Crippen molar-refractivity contribution in [3.8, 4) is 5.75 Å². The maximum Gasteiger partial charge on any atom is 0.310 e. The highest BCUT2D eigenvalue weighted by Gasteiger charge is 2.63. The van der Waals surface area contributed by atoms with Crippen molar-refractivity contribution >= 4 is 5.97 Å². The molecule has 0 N–H and O–H groups in total. The van der Waals surface area contributed by atoms with E-state index < -0.39 is 0 Å². The van der Waals surface area contributed by atoms with Crippen LogP contribution in [0.25, 0.3) is 0 Å². The van der Waals surface area contributed by atoms with Crippen molar-refractivity contribution in [1.82, 2.24) is 0 Å². The van der Waals surface area contributed by atoms with Gasteiger partial charge in [-0.3, -0.25) is 4.79 Å². The molecule has 0 saturated heterocycles. The highest BCUT2D eigenvalue weighted by Crippen LogP contribution is 2.59. The lowest BCUT2D eigenvalue weighted by Gasteiger charge is -2.36. The van der Waals surface area contributed by atoms with Crippen molar-refractivity contribution in [2.75, 3.05) is 13.7 Å². The van der Waals surface area contributed by atoms with Gasteiger partial charge in [-0.1, -0.05) is 53.2 Å². The largest absolute Gasteiger partial charge is 0.497 e. The number of rotatable bonds is 8. The van der Waals surface area contributed by atoms with E-state index in [0.717, 1.165) is 17.7 Å². The predicted octanol–water partition coefficient (Wildman–Crippen LogP) is 5.49. The fourth-order valence-corrected chi connectivity index (χ4v) is 5.02. The summed E-state index contributed by atoms with van der Waals surface area (Å²) < 4.78 is 17.2. The highest BCUT2D eigenvalue weighted by atomic mass is 16.5. The standard InChI is InChI=1S/C25H38O4/c1-16(2)20-12-7-17(3)13-22(20)29-24(26)23-21(25(23,4)5)15-28-14-18-8-10-19(27-6)11-9-18/h8-11,16-17,20-23H,7,12-15H2,1-6H3. The summed E-state index contributed by atoms with van der Waals surface area (Å²) in [6.45, 7) is 12.2. The summed E-state index contributed by atoms with van der Waals surface area (Å²) in [6, 6.07) is 7.91. The van der Waals surface area contributed by atoms with Gasteiger partial charge in [0.25, 0.3) is 0 Å². The minimum absolute atomic E-state index is 0.0159. The Morgan fingerprint density at radius 1 is 1.17 bits per heavy atom. The smallest absolute Gasteiger partial charge is 0.310 e. The lowest BCUT2D eigenvalue weighted by molar-refractivity contribution is -0.158. The number of esters is 1. The third-order valence-electron chi connectivity index (χ3n) is 7.26. The van der Waals surface area contributed by atoms with Gasteiger partial charge in [0, 0.05) is 5.92 Å². The Morgan fingerprint density at radius 2 is 1.86 bits per heavy atom. The number of carbonyl (C=O) groups is 1. The SMILES string of the molecule is COc1ccc(COCC2C(C(=O)OC3CC(C)CCC3C(C)C)C2(C)C)cc1. The van der Waals surface area contributed by atoms with E-state index in [-0.39, 0.29) is 29.3 Å². The molecule has 1 aromatic carbocycles. The lowest BCUT2D eigenvalue weighted by atomic mass is 9.75. The predicted molar refractivity (Wildman–Crippen MR) is 115 cm³/mol. The van der Waals surface area contributed by atoms with Crippen LogP contribution in [0, 0.1) is 35.0 Å². The van der Waals surface area contributed by atoms with E-state index in [1.165, 1.54) is 12.8 Å². The number of carbonyl (C=O) groups excluding carboxylic acids is 1. The third kappa shape index (κ3) is 5.14. The van der Waals surface area contributed by atoms with E-state index >= 15 is 0 Å². The summed E-state index contributed by atoms with van der Waals surface area (Å²) in [7, 11) is 1.66. The van der Waals surface area contributed by atoms with Gasteiger partial charge in [0.2, 0.25) is 0 Å². The molecular weight excluding hydrogens is 364 g/mol. The maximum atomic E-state index is 13.0. The molecule has 0 heterocycles. The Hall–Kier alpha value is -1.55. The van der Waals surface area contributed by atoms with Crippen LogP contribution < -0.4 is 4.74 Å². The first-order chi connectivity index (χ1) is 13.7. The Kier molecular flexibility index (Phi) is 6.93. The van der Waals surface area contributed by atoms with Crippen molar-refractivity contribution in [1.29, 1.82) is 0 Å². The third-order valence-corrected chi connectivity index (χ3v) is 7.26. The molecule has 2 fully saturated rings. The van der Waals surface area contributed by atoms with Crippen LogP contribution in [0.2, 0.25) is 0 Å². The van der Waals surface area contributed by atoms with Crippen LogP contribution in [0.4, 0.5) is 0 Å². The second-order valence-electron chi connectivity index (χ2n) is 10.1. The maximum absolute atomic E-state index is 13.0. The topological polar surface area (TPSA) is 44.8 Å². The van der Waals surface area contributed by atoms with E-state index in [9.17, 15) is 4.79 Å². The quantitative estimate of drug-likeness (QED) is 0.540. The molecule has 162 valence electrons. The van der Waals surface area contributed by atoms with E-state index in [4.69, 9.17) is 14.2 Å². The van der Waals surface area contributed by atoms with Gasteiger partial charge in [-0.15, -0.1) is 0 Å². The lowest BCUT2D eigenvalue weighted by Crippen LogP contribution is -2.36. The minimum Gasteiger partial charge on any atom is -0.497 e. The molecule has 1 aromatic rings. The first-order valence-corrected chi connectivity index (χ1v) is 11.1. The second kappa shape index (κ2) is 9.07. The van der Waals surface area contributed by atoms with Crippen LogP contribution in [-0.4, -0.2) is 25.8 Å². The van der Waals surface area contributed by atoms with Crippen molar-refractivity contribution in [2.45, 2.75) is 66.6 Å². The Balaban J connectivity index is 1.51. The second-order valence-corrected chi connectivity index (χ2v) is 10.1. The molecule has 5 unspecified atom stereocenters. The molecule has 0 bridgehead atoms. The summed E-state index contributed by atoms with van der Waals surface area (Å²) in [6.07, 6.45) is 3.48. The van der Waals surface area contributed by atoms with Crippen LogP contribution in [0.15, 0.2) is 24.3 Å². The van der Waals surface area contributed by atoms with Crippen LogP contribution in [0.5, 0.6) is 5.75 Å². The molecule has 0 amide bonds. The number of hydrogen-bond donors (Lipinski definition) is 0. The van der Waals surface area contributed by atoms with Gasteiger partial charge in [0.1, 0.15) is 11.9 Å².